The molecule has 0 fully saturated rings. The zero-order valence-electron chi connectivity index (χ0n) is 13.1. The van der Waals surface area contributed by atoms with E-state index in [2.05, 4.69) is 40.5 Å². The summed E-state index contributed by atoms with van der Waals surface area (Å²) in [5.41, 5.74) is 2.11. The summed E-state index contributed by atoms with van der Waals surface area (Å²) < 4.78 is 7.47. The fourth-order valence-corrected chi connectivity index (χ4v) is 2.31. The third-order valence-electron chi connectivity index (χ3n) is 3.40. The number of pyridine rings is 1. The molecule has 0 saturated carbocycles. The van der Waals surface area contributed by atoms with Crippen LogP contribution in [0.15, 0.2) is 30.7 Å². The zero-order valence-corrected chi connectivity index (χ0v) is 13.1. The third-order valence-corrected chi connectivity index (χ3v) is 3.40. The Morgan fingerprint density at radius 3 is 2.76 bits per heavy atom. The second-order valence-corrected chi connectivity index (χ2v) is 5.13. The zero-order chi connectivity index (χ0) is 15.2. The number of nitrogens with one attached hydrogen (secondary N) is 1. The molecule has 0 aromatic carbocycles. The quantitative estimate of drug-likeness (QED) is 0.829. The van der Waals surface area contributed by atoms with E-state index < -0.39 is 0 Å². The van der Waals surface area contributed by atoms with Crippen LogP contribution in [0.2, 0.25) is 0 Å². The molecule has 0 saturated heterocycles. The molecule has 1 unspecified atom stereocenters. The van der Waals surface area contributed by atoms with Crippen LogP contribution in [0.5, 0.6) is 5.75 Å². The van der Waals surface area contributed by atoms with Gasteiger partial charge in [0, 0.05) is 18.9 Å². The minimum Gasteiger partial charge on any atom is -0.493 e. The average molecular weight is 289 g/mol. The van der Waals surface area contributed by atoms with Gasteiger partial charge in [0.2, 0.25) is 0 Å². The highest BCUT2D eigenvalue weighted by Crippen LogP contribution is 2.29. The molecule has 21 heavy (non-hydrogen) atoms. The first-order valence-corrected chi connectivity index (χ1v) is 6.99. The SMILES string of the molecule is CNC(c1cccnc1)c1c(OC)cnn1CCN(C)C. The average Bonchev–Trinajstić information content (AvgIpc) is 2.90. The topological polar surface area (TPSA) is 55.2 Å². The summed E-state index contributed by atoms with van der Waals surface area (Å²) in [6, 6.07) is 3.99. The first-order valence-electron chi connectivity index (χ1n) is 6.99. The van der Waals surface area contributed by atoms with Crippen LogP contribution in [0.3, 0.4) is 0 Å². The Kier molecular flexibility index (Phi) is 5.30. The molecule has 1 N–H and O–H groups in total. The number of nitrogens with zero attached hydrogens (tertiary/aromatic N) is 4. The van der Waals surface area contributed by atoms with Crippen molar-refractivity contribution in [3.8, 4) is 5.75 Å². The Balaban J connectivity index is 2.37. The maximum Gasteiger partial charge on any atom is 0.161 e. The maximum atomic E-state index is 5.48. The van der Waals surface area contributed by atoms with Crippen molar-refractivity contribution < 1.29 is 4.74 Å². The number of hydrogen-bond donors (Lipinski definition) is 1. The monoisotopic (exact) mass is 289 g/mol. The smallest absolute Gasteiger partial charge is 0.161 e. The number of hydrogen-bond acceptors (Lipinski definition) is 5. The van der Waals surface area contributed by atoms with Gasteiger partial charge in [-0.15, -0.1) is 0 Å². The fraction of sp³-hybridized carbons (Fsp3) is 0.467. The summed E-state index contributed by atoms with van der Waals surface area (Å²) in [6.07, 6.45) is 5.41. The number of aromatic nitrogens is 3. The Morgan fingerprint density at radius 2 is 2.19 bits per heavy atom. The van der Waals surface area contributed by atoms with E-state index in [1.165, 1.54) is 0 Å². The van der Waals surface area contributed by atoms with Crippen molar-refractivity contribution in [2.24, 2.45) is 0 Å². The molecule has 2 aromatic rings. The van der Waals surface area contributed by atoms with Gasteiger partial charge >= 0.3 is 0 Å². The summed E-state index contributed by atoms with van der Waals surface area (Å²) >= 11 is 0. The summed E-state index contributed by atoms with van der Waals surface area (Å²) in [5.74, 6) is 0.789. The molecule has 0 radical (unpaired) electrons. The fourth-order valence-electron chi connectivity index (χ4n) is 2.31. The van der Waals surface area contributed by atoms with E-state index in [-0.39, 0.29) is 6.04 Å². The first-order chi connectivity index (χ1) is 10.2. The van der Waals surface area contributed by atoms with Crippen LogP contribution in [0, 0.1) is 0 Å². The lowest BCUT2D eigenvalue weighted by Gasteiger charge is -2.20. The van der Waals surface area contributed by atoms with Gasteiger partial charge in [-0.05, 0) is 32.8 Å². The van der Waals surface area contributed by atoms with Crippen molar-refractivity contribution >= 4 is 0 Å². The number of rotatable bonds is 7. The Morgan fingerprint density at radius 1 is 1.38 bits per heavy atom. The molecule has 2 rings (SSSR count). The molecule has 0 amide bonds. The summed E-state index contributed by atoms with van der Waals surface area (Å²) in [5, 5.41) is 7.79. The van der Waals surface area contributed by atoms with Crippen molar-refractivity contribution in [2.75, 3.05) is 34.8 Å². The lowest BCUT2D eigenvalue weighted by atomic mass is 10.1. The Bertz CT molecular complexity index is 552. The predicted octanol–water partition coefficient (Wildman–Crippen LogP) is 1.16. The predicted molar refractivity (Wildman–Crippen MR) is 82.5 cm³/mol. The third kappa shape index (κ3) is 3.59. The van der Waals surface area contributed by atoms with Crippen LogP contribution in [0.4, 0.5) is 0 Å². The highest BCUT2D eigenvalue weighted by molar-refractivity contribution is 5.35. The van der Waals surface area contributed by atoms with Gasteiger partial charge in [0.25, 0.3) is 0 Å². The van der Waals surface area contributed by atoms with E-state index >= 15 is 0 Å². The molecular weight excluding hydrogens is 266 g/mol. The highest BCUT2D eigenvalue weighted by Gasteiger charge is 2.22. The van der Waals surface area contributed by atoms with Crippen LogP contribution in [-0.2, 0) is 6.54 Å². The van der Waals surface area contributed by atoms with E-state index in [0.29, 0.717) is 0 Å². The number of ether oxygens (including phenoxy) is 1. The van der Waals surface area contributed by atoms with Crippen molar-refractivity contribution in [3.63, 3.8) is 0 Å². The van der Waals surface area contributed by atoms with Crippen LogP contribution in [0.25, 0.3) is 0 Å². The standard InChI is InChI=1S/C15H23N5O/c1-16-14(12-6-5-7-17-10-12)15-13(21-4)11-18-20(15)9-8-19(2)3/h5-7,10-11,14,16H,8-9H2,1-4H3. The second-order valence-electron chi connectivity index (χ2n) is 5.13. The van der Waals surface area contributed by atoms with E-state index in [1.54, 1.807) is 19.5 Å². The Hall–Kier alpha value is -1.92. The van der Waals surface area contributed by atoms with Gasteiger partial charge in [0.15, 0.2) is 5.75 Å². The van der Waals surface area contributed by atoms with Gasteiger partial charge in [-0.1, -0.05) is 6.07 Å². The molecule has 2 aromatic heterocycles. The highest BCUT2D eigenvalue weighted by atomic mass is 16.5. The molecule has 2 heterocycles. The van der Waals surface area contributed by atoms with Gasteiger partial charge in [0.1, 0.15) is 5.69 Å². The summed E-state index contributed by atoms with van der Waals surface area (Å²) in [4.78, 5) is 6.34. The lowest BCUT2D eigenvalue weighted by Crippen LogP contribution is -2.25. The van der Waals surface area contributed by atoms with Crippen molar-refractivity contribution in [1.29, 1.82) is 0 Å². The largest absolute Gasteiger partial charge is 0.493 e. The molecule has 0 aliphatic carbocycles. The maximum absolute atomic E-state index is 5.48. The molecule has 0 spiro atoms. The second kappa shape index (κ2) is 7.19. The number of likely N-dealkylation sites (N-methyl/N-ethyl adjacent to an activating group) is 1. The van der Waals surface area contributed by atoms with Crippen molar-refractivity contribution in [3.05, 3.63) is 42.0 Å². The van der Waals surface area contributed by atoms with Crippen LogP contribution in [-0.4, -0.2) is 54.5 Å². The molecule has 0 aliphatic rings. The minimum absolute atomic E-state index is 0.00156. The normalized spacial score (nSPS) is 12.6. The van der Waals surface area contributed by atoms with Crippen molar-refractivity contribution in [2.45, 2.75) is 12.6 Å². The molecule has 6 heteroatoms. The van der Waals surface area contributed by atoms with Crippen LogP contribution < -0.4 is 10.1 Å². The lowest BCUT2D eigenvalue weighted by molar-refractivity contribution is 0.360. The van der Waals surface area contributed by atoms with Gasteiger partial charge < -0.3 is 15.0 Å². The minimum atomic E-state index is -0.00156. The molecule has 114 valence electrons. The van der Waals surface area contributed by atoms with Gasteiger partial charge in [-0.25, -0.2) is 0 Å². The van der Waals surface area contributed by atoms with Gasteiger partial charge in [0.05, 0.1) is 25.9 Å². The van der Waals surface area contributed by atoms with Crippen LogP contribution >= 0.6 is 0 Å². The van der Waals surface area contributed by atoms with E-state index in [9.17, 15) is 0 Å². The molecular formula is C15H23N5O. The molecule has 0 aliphatic heterocycles. The molecule has 6 nitrogen and oxygen atoms in total. The van der Waals surface area contributed by atoms with Crippen LogP contribution in [0.1, 0.15) is 17.3 Å². The van der Waals surface area contributed by atoms with Crippen molar-refractivity contribution in [1.82, 2.24) is 25.0 Å². The first kappa shape index (κ1) is 15.5. The summed E-state index contributed by atoms with van der Waals surface area (Å²) in [7, 11) is 7.71. The van der Waals surface area contributed by atoms with E-state index in [0.717, 1.165) is 30.1 Å². The Labute approximate surface area is 125 Å². The van der Waals surface area contributed by atoms with E-state index in [1.807, 2.05) is 24.0 Å². The van der Waals surface area contributed by atoms with Gasteiger partial charge in [-0.3, -0.25) is 9.67 Å². The molecule has 1 atom stereocenters. The van der Waals surface area contributed by atoms with E-state index in [4.69, 9.17) is 4.74 Å². The molecule has 0 bridgehead atoms. The summed E-state index contributed by atoms with van der Waals surface area (Å²) in [6.45, 7) is 1.73. The van der Waals surface area contributed by atoms with Gasteiger partial charge in [-0.2, -0.15) is 5.10 Å². The number of methoxy groups -OCH3 is 1.